The van der Waals surface area contributed by atoms with Gasteiger partial charge in [-0.05, 0) is 36.6 Å². The van der Waals surface area contributed by atoms with Gasteiger partial charge < -0.3 is 9.88 Å². The van der Waals surface area contributed by atoms with Gasteiger partial charge in [-0.15, -0.1) is 0 Å². The fourth-order valence-electron chi connectivity index (χ4n) is 2.84. The molecule has 3 aromatic rings. The van der Waals surface area contributed by atoms with E-state index in [9.17, 15) is 0 Å². The highest BCUT2D eigenvalue weighted by Gasteiger charge is 2.20. The molecule has 0 amide bonds. The highest BCUT2D eigenvalue weighted by atomic mass is 15.3. The van der Waals surface area contributed by atoms with Crippen LogP contribution in [0, 0.1) is 0 Å². The van der Waals surface area contributed by atoms with Crippen molar-refractivity contribution in [1.29, 1.82) is 0 Å². The van der Waals surface area contributed by atoms with Crippen molar-refractivity contribution in [3.8, 4) is 0 Å². The molecule has 4 nitrogen and oxygen atoms in total. The van der Waals surface area contributed by atoms with Gasteiger partial charge in [0.2, 0.25) is 0 Å². The molecule has 21 heavy (non-hydrogen) atoms. The van der Waals surface area contributed by atoms with Crippen LogP contribution < -0.4 is 5.32 Å². The molecule has 108 valence electrons. The first-order chi connectivity index (χ1) is 10.3. The van der Waals surface area contributed by atoms with Gasteiger partial charge in [-0.25, -0.2) is 0 Å². The Kier molecular flexibility index (Phi) is 3.04. The molecule has 1 N–H and O–H groups in total. The van der Waals surface area contributed by atoms with Crippen molar-refractivity contribution in [2.24, 2.45) is 7.05 Å². The zero-order valence-electron chi connectivity index (χ0n) is 12.3. The van der Waals surface area contributed by atoms with Crippen LogP contribution in [0.25, 0.3) is 10.9 Å². The lowest BCUT2D eigenvalue weighted by molar-refractivity contribution is 0.691. The van der Waals surface area contributed by atoms with Crippen molar-refractivity contribution in [1.82, 2.24) is 19.7 Å². The highest BCUT2D eigenvalue weighted by molar-refractivity contribution is 5.83. The lowest BCUT2D eigenvalue weighted by Crippen LogP contribution is -2.15. The van der Waals surface area contributed by atoms with Gasteiger partial charge in [0.05, 0.1) is 12.2 Å². The summed E-state index contributed by atoms with van der Waals surface area (Å²) in [7, 11) is 1.96. The monoisotopic (exact) mass is 280 g/mol. The molecule has 1 saturated carbocycles. The second kappa shape index (κ2) is 5.04. The van der Waals surface area contributed by atoms with Crippen molar-refractivity contribution in [3.05, 3.63) is 54.0 Å². The normalized spacial score (nSPS) is 14.9. The third kappa shape index (κ3) is 2.59. The molecule has 4 heteroatoms. The number of aromatic nitrogens is 3. The molecule has 1 fully saturated rings. The first-order valence-corrected chi connectivity index (χ1v) is 7.58. The van der Waals surface area contributed by atoms with Crippen LogP contribution >= 0.6 is 0 Å². The smallest absolute Gasteiger partial charge is 0.0821 e. The number of rotatable bonds is 5. The van der Waals surface area contributed by atoms with E-state index in [0.29, 0.717) is 0 Å². The number of benzene rings is 1. The fourth-order valence-corrected chi connectivity index (χ4v) is 2.84. The molecule has 2 aromatic heterocycles. The molecule has 0 radical (unpaired) electrons. The van der Waals surface area contributed by atoms with Crippen LogP contribution in [-0.4, -0.2) is 20.4 Å². The summed E-state index contributed by atoms with van der Waals surface area (Å²) in [6.45, 7) is 1.79. The molecule has 2 heterocycles. The van der Waals surface area contributed by atoms with E-state index < -0.39 is 0 Å². The van der Waals surface area contributed by atoms with E-state index in [1.54, 1.807) is 0 Å². The van der Waals surface area contributed by atoms with Crippen LogP contribution in [0.15, 0.2) is 42.7 Å². The lowest BCUT2D eigenvalue weighted by atomic mass is 10.1. The summed E-state index contributed by atoms with van der Waals surface area (Å²) in [5, 5.41) is 9.42. The molecular formula is C17H20N4. The summed E-state index contributed by atoms with van der Waals surface area (Å²) in [5.41, 5.74) is 3.77. The van der Waals surface area contributed by atoms with Gasteiger partial charge in [0.25, 0.3) is 0 Å². The Balaban J connectivity index is 1.62. The largest absolute Gasteiger partial charge is 0.341 e. The van der Waals surface area contributed by atoms with E-state index in [0.717, 1.165) is 24.8 Å². The zero-order valence-corrected chi connectivity index (χ0v) is 12.3. The van der Waals surface area contributed by atoms with Gasteiger partial charge in [0, 0.05) is 42.9 Å². The molecule has 0 spiro atoms. The Morgan fingerprint density at radius 1 is 1.19 bits per heavy atom. The zero-order chi connectivity index (χ0) is 14.2. The topological polar surface area (TPSA) is 34.8 Å². The maximum absolute atomic E-state index is 4.47. The minimum atomic E-state index is 0.746. The number of aryl methyl sites for hydroxylation is 1. The van der Waals surface area contributed by atoms with Gasteiger partial charge in [-0.2, -0.15) is 5.10 Å². The van der Waals surface area contributed by atoms with Crippen molar-refractivity contribution >= 4 is 10.9 Å². The van der Waals surface area contributed by atoms with E-state index in [2.05, 4.69) is 51.5 Å². The second-order valence-corrected chi connectivity index (χ2v) is 5.93. The highest BCUT2D eigenvalue weighted by Crippen LogP contribution is 2.23. The standard InChI is InChI=1S/C17H20N4/c1-20-9-7-15(19-20)12-21-10-8-16-13(3-2-4-17(16)21)11-18-14-5-6-14/h2-4,7-10,14,18H,5-6,11-12H2,1H3. The van der Waals surface area contributed by atoms with Crippen molar-refractivity contribution < 1.29 is 0 Å². The number of nitrogens with one attached hydrogen (secondary N) is 1. The average molecular weight is 280 g/mol. The molecule has 0 bridgehead atoms. The molecular weight excluding hydrogens is 260 g/mol. The molecule has 0 unspecified atom stereocenters. The molecule has 4 rings (SSSR count). The van der Waals surface area contributed by atoms with Crippen LogP contribution in [0.4, 0.5) is 0 Å². The summed E-state index contributed by atoms with van der Waals surface area (Å²) in [5.74, 6) is 0. The van der Waals surface area contributed by atoms with Crippen LogP contribution in [0.2, 0.25) is 0 Å². The van der Waals surface area contributed by atoms with Crippen molar-refractivity contribution in [2.45, 2.75) is 32.0 Å². The molecule has 1 aliphatic carbocycles. The Labute approximate surface area is 124 Å². The molecule has 1 aliphatic rings. The van der Waals surface area contributed by atoms with E-state index in [4.69, 9.17) is 0 Å². The summed E-state index contributed by atoms with van der Waals surface area (Å²) in [6, 6.07) is 11.6. The first-order valence-electron chi connectivity index (χ1n) is 7.58. The second-order valence-electron chi connectivity index (χ2n) is 5.93. The van der Waals surface area contributed by atoms with Gasteiger partial charge in [0.1, 0.15) is 0 Å². The molecule has 1 aromatic carbocycles. The predicted molar refractivity (Wildman–Crippen MR) is 84.1 cm³/mol. The summed E-state index contributed by atoms with van der Waals surface area (Å²) < 4.78 is 4.13. The maximum Gasteiger partial charge on any atom is 0.0821 e. The van der Waals surface area contributed by atoms with E-state index in [1.165, 1.54) is 29.3 Å². The van der Waals surface area contributed by atoms with Gasteiger partial charge in [0.15, 0.2) is 0 Å². The number of hydrogen-bond donors (Lipinski definition) is 1. The Morgan fingerprint density at radius 3 is 2.86 bits per heavy atom. The molecule has 0 atom stereocenters. The van der Waals surface area contributed by atoms with Gasteiger partial charge >= 0.3 is 0 Å². The predicted octanol–water partition coefficient (Wildman–Crippen LogP) is 2.68. The lowest BCUT2D eigenvalue weighted by Gasteiger charge is -2.07. The third-order valence-corrected chi connectivity index (χ3v) is 4.16. The summed E-state index contributed by atoms with van der Waals surface area (Å²) in [6.07, 6.45) is 6.82. The minimum Gasteiger partial charge on any atom is -0.341 e. The van der Waals surface area contributed by atoms with Crippen LogP contribution in [0.1, 0.15) is 24.1 Å². The summed E-state index contributed by atoms with van der Waals surface area (Å²) >= 11 is 0. The fraction of sp³-hybridized carbons (Fsp3) is 0.353. The third-order valence-electron chi connectivity index (χ3n) is 4.16. The van der Waals surface area contributed by atoms with Crippen molar-refractivity contribution in [2.75, 3.05) is 0 Å². The van der Waals surface area contributed by atoms with Crippen LogP contribution in [0.5, 0.6) is 0 Å². The van der Waals surface area contributed by atoms with E-state index in [-0.39, 0.29) is 0 Å². The minimum absolute atomic E-state index is 0.746. The maximum atomic E-state index is 4.47. The Morgan fingerprint density at radius 2 is 2.10 bits per heavy atom. The SMILES string of the molecule is Cn1ccc(Cn2ccc3c(CNC4CC4)cccc32)n1. The quantitative estimate of drug-likeness (QED) is 0.780. The number of nitrogens with zero attached hydrogens (tertiary/aromatic N) is 3. The number of hydrogen-bond acceptors (Lipinski definition) is 2. The first kappa shape index (κ1) is 12.7. The van der Waals surface area contributed by atoms with E-state index >= 15 is 0 Å². The average Bonchev–Trinajstić information content (AvgIpc) is 3.10. The van der Waals surface area contributed by atoms with Gasteiger partial charge in [-0.3, -0.25) is 4.68 Å². The van der Waals surface area contributed by atoms with E-state index in [1.807, 2.05) is 17.9 Å². The van der Waals surface area contributed by atoms with Crippen molar-refractivity contribution in [3.63, 3.8) is 0 Å². The molecule has 0 aliphatic heterocycles. The Hall–Kier alpha value is -2.07. The Bertz CT molecular complexity index is 764. The van der Waals surface area contributed by atoms with Crippen LogP contribution in [-0.2, 0) is 20.1 Å². The summed E-state index contributed by atoms with van der Waals surface area (Å²) in [4.78, 5) is 0. The van der Waals surface area contributed by atoms with Gasteiger partial charge in [-0.1, -0.05) is 12.1 Å². The molecule has 0 saturated heterocycles. The van der Waals surface area contributed by atoms with Crippen LogP contribution in [0.3, 0.4) is 0 Å². The number of fused-ring (bicyclic) bond motifs is 1.